The number of alkyl halides is 3. The summed E-state index contributed by atoms with van der Waals surface area (Å²) in [6, 6.07) is 4.81. The molecule has 1 aliphatic rings. The minimum Gasteiger partial charge on any atom is -0.326 e. The number of nitrogens with zero attached hydrogens (tertiary/aromatic N) is 1. The Morgan fingerprint density at radius 2 is 1.73 bits per heavy atom. The Morgan fingerprint density at radius 3 is 2.14 bits per heavy atom. The number of anilines is 2. The molecule has 2 N–H and O–H groups in total. The molecule has 1 atom stereocenters. The van der Waals surface area contributed by atoms with E-state index in [0.29, 0.717) is 11.4 Å². The highest BCUT2D eigenvalue weighted by atomic mass is 19.4. The van der Waals surface area contributed by atoms with E-state index in [2.05, 4.69) is 10.6 Å². The number of nitrogens with one attached hydrogen (secondary N) is 2. The molecule has 0 aliphatic carbocycles. The third kappa shape index (κ3) is 4.20. The molecule has 0 aromatic heterocycles. The minimum absolute atomic E-state index is 0.0300. The first-order valence-corrected chi connectivity index (χ1v) is 6.74. The van der Waals surface area contributed by atoms with E-state index in [0.717, 1.165) is 4.90 Å². The zero-order valence-electron chi connectivity index (χ0n) is 11.9. The molecule has 0 radical (unpaired) electrons. The average Bonchev–Trinajstić information content (AvgIpc) is 2.34. The molecule has 22 heavy (non-hydrogen) atoms. The van der Waals surface area contributed by atoms with E-state index in [-0.39, 0.29) is 25.4 Å². The number of benzene rings is 1. The van der Waals surface area contributed by atoms with Crippen molar-refractivity contribution < 1.29 is 22.8 Å². The van der Waals surface area contributed by atoms with Crippen LogP contribution in [-0.2, 0) is 9.59 Å². The van der Waals surface area contributed by atoms with E-state index in [9.17, 15) is 22.8 Å². The van der Waals surface area contributed by atoms with E-state index < -0.39 is 18.1 Å². The summed E-state index contributed by atoms with van der Waals surface area (Å²) in [7, 11) is 0. The molecular formula is C14H16F3N3O2. The van der Waals surface area contributed by atoms with Gasteiger partial charge in [0.05, 0.1) is 6.54 Å². The van der Waals surface area contributed by atoms with Crippen LogP contribution in [0, 0.1) is 0 Å². The SMILES string of the molecule is CC(=O)Nc1ccc(NC(=O)CN2CCC2C(F)(F)F)cc1. The number of carbonyl (C=O) groups excluding carboxylic acids is 2. The van der Waals surface area contributed by atoms with Gasteiger partial charge in [-0.25, -0.2) is 0 Å². The maximum absolute atomic E-state index is 12.6. The van der Waals surface area contributed by atoms with Gasteiger partial charge in [-0.1, -0.05) is 0 Å². The van der Waals surface area contributed by atoms with Gasteiger partial charge in [-0.05, 0) is 30.7 Å². The summed E-state index contributed by atoms with van der Waals surface area (Å²) in [5.74, 6) is -0.714. The van der Waals surface area contributed by atoms with E-state index in [4.69, 9.17) is 0 Å². The van der Waals surface area contributed by atoms with Crippen molar-refractivity contribution in [1.82, 2.24) is 4.90 Å². The second-order valence-corrected chi connectivity index (χ2v) is 5.12. The number of rotatable bonds is 4. The largest absolute Gasteiger partial charge is 0.404 e. The average molecular weight is 315 g/mol. The van der Waals surface area contributed by atoms with E-state index in [1.54, 1.807) is 24.3 Å². The highest BCUT2D eigenvalue weighted by Gasteiger charge is 2.48. The van der Waals surface area contributed by atoms with Crippen molar-refractivity contribution in [2.24, 2.45) is 0 Å². The third-order valence-electron chi connectivity index (χ3n) is 3.34. The zero-order chi connectivity index (χ0) is 16.3. The van der Waals surface area contributed by atoms with Gasteiger partial charge in [0.15, 0.2) is 0 Å². The summed E-state index contributed by atoms with van der Waals surface area (Å²) >= 11 is 0. The number of hydrogen-bond donors (Lipinski definition) is 2. The van der Waals surface area contributed by atoms with E-state index in [1.807, 2.05) is 0 Å². The molecule has 1 heterocycles. The van der Waals surface area contributed by atoms with Gasteiger partial charge < -0.3 is 10.6 Å². The van der Waals surface area contributed by atoms with Gasteiger partial charge in [0.25, 0.3) is 0 Å². The van der Waals surface area contributed by atoms with Crippen LogP contribution in [0.1, 0.15) is 13.3 Å². The predicted octanol–water partition coefficient (Wildman–Crippen LogP) is 2.22. The van der Waals surface area contributed by atoms with Crippen molar-refractivity contribution >= 4 is 23.2 Å². The molecule has 5 nitrogen and oxygen atoms in total. The molecule has 0 bridgehead atoms. The number of hydrogen-bond acceptors (Lipinski definition) is 3. The molecular weight excluding hydrogens is 299 g/mol. The zero-order valence-corrected chi connectivity index (χ0v) is 11.9. The van der Waals surface area contributed by atoms with Crippen LogP contribution in [0.3, 0.4) is 0 Å². The van der Waals surface area contributed by atoms with Crippen molar-refractivity contribution in [3.8, 4) is 0 Å². The highest BCUT2D eigenvalue weighted by molar-refractivity contribution is 5.93. The molecule has 0 saturated carbocycles. The second kappa shape index (κ2) is 6.35. The van der Waals surface area contributed by atoms with Gasteiger partial charge in [0.2, 0.25) is 11.8 Å². The van der Waals surface area contributed by atoms with E-state index >= 15 is 0 Å². The van der Waals surface area contributed by atoms with Gasteiger partial charge in [-0.15, -0.1) is 0 Å². The van der Waals surface area contributed by atoms with Gasteiger partial charge in [0, 0.05) is 24.8 Å². The lowest BCUT2D eigenvalue weighted by Gasteiger charge is -2.41. The van der Waals surface area contributed by atoms with Gasteiger partial charge in [-0.2, -0.15) is 13.2 Å². The van der Waals surface area contributed by atoms with Crippen LogP contribution in [-0.4, -0.2) is 42.0 Å². The molecule has 1 aliphatic heterocycles. The lowest BCUT2D eigenvalue weighted by atomic mass is 10.0. The summed E-state index contributed by atoms with van der Waals surface area (Å²) in [5.41, 5.74) is 1.04. The fraction of sp³-hybridized carbons (Fsp3) is 0.429. The third-order valence-corrected chi connectivity index (χ3v) is 3.34. The number of halogens is 3. The first-order valence-electron chi connectivity index (χ1n) is 6.74. The van der Waals surface area contributed by atoms with Crippen LogP contribution in [0.2, 0.25) is 0 Å². The summed E-state index contributed by atoms with van der Waals surface area (Å²) in [5, 5.41) is 5.11. The number of carbonyl (C=O) groups is 2. The van der Waals surface area contributed by atoms with Crippen LogP contribution in [0.15, 0.2) is 24.3 Å². The maximum atomic E-state index is 12.6. The Bertz CT molecular complexity index is 557. The Kier molecular flexibility index (Phi) is 4.70. The summed E-state index contributed by atoms with van der Waals surface area (Å²) in [4.78, 5) is 23.7. The van der Waals surface area contributed by atoms with Crippen LogP contribution >= 0.6 is 0 Å². The fourth-order valence-electron chi connectivity index (χ4n) is 2.23. The Hall–Kier alpha value is -2.09. The number of likely N-dealkylation sites (tertiary alicyclic amines) is 1. The first kappa shape index (κ1) is 16.3. The normalized spacial score (nSPS) is 18.5. The standard InChI is InChI=1S/C14H16F3N3O2/c1-9(21)18-10-2-4-11(5-3-10)19-13(22)8-20-7-6-12(20)14(15,16)17/h2-5,12H,6-8H2,1H3,(H,18,21)(H,19,22). The Morgan fingerprint density at radius 1 is 1.18 bits per heavy atom. The smallest absolute Gasteiger partial charge is 0.326 e. The molecule has 1 unspecified atom stereocenters. The molecule has 120 valence electrons. The fourth-order valence-corrected chi connectivity index (χ4v) is 2.23. The molecule has 2 rings (SSSR count). The Balaban J connectivity index is 1.86. The molecule has 1 fully saturated rings. The summed E-state index contributed by atoms with van der Waals surface area (Å²) in [6.45, 7) is 1.34. The van der Waals surface area contributed by atoms with Gasteiger partial charge in [-0.3, -0.25) is 14.5 Å². The van der Waals surface area contributed by atoms with Crippen molar-refractivity contribution in [1.29, 1.82) is 0 Å². The lowest BCUT2D eigenvalue weighted by molar-refractivity contribution is -0.209. The van der Waals surface area contributed by atoms with Gasteiger partial charge in [0.1, 0.15) is 6.04 Å². The number of amides is 2. The molecule has 1 aromatic rings. The van der Waals surface area contributed by atoms with Crippen LogP contribution in [0.5, 0.6) is 0 Å². The predicted molar refractivity (Wildman–Crippen MR) is 75.4 cm³/mol. The summed E-state index contributed by atoms with van der Waals surface area (Å²) < 4.78 is 37.7. The molecule has 0 spiro atoms. The summed E-state index contributed by atoms with van der Waals surface area (Å²) in [6.07, 6.45) is -4.26. The quantitative estimate of drug-likeness (QED) is 0.895. The van der Waals surface area contributed by atoms with Gasteiger partial charge >= 0.3 is 6.18 Å². The topological polar surface area (TPSA) is 61.4 Å². The van der Waals surface area contributed by atoms with Crippen LogP contribution < -0.4 is 10.6 Å². The Labute approximate surface area is 125 Å². The van der Waals surface area contributed by atoms with Crippen LogP contribution in [0.25, 0.3) is 0 Å². The van der Waals surface area contributed by atoms with Crippen molar-refractivity contribution in [3.05, 3.63) is 24.3 Å². The first-order chi connectivity index (χ1) is 10.3. The highest BCUT2D eigenvalue weighted by Crippen LogP contribution is 2.33. The monoisotopic (exact) mass is 315 g/mol. The van der Waals surface area contributed by atoms with Crippen LogP contribution in [0.4, 0.5) is 24.5 Å². The van der Waals surface area contributed by atoms with Crippen molar-refractivity contribution in [2.75, 3.05) is 23.7 Å². The maximum Gasteiger partial charge on any atom is 0.404 e. The second-order valence-electron chi connectivity index (χ2n) is 5.12. The molecule has 1 saturated heterocycles. The molecule has 2 amide bonds. The van der Waals surface area contributed by atoms with Crippen molar-refractivity contribution in [3.63, 3.8) is 0 Å². The van der Waals surface area contributed by atoms with Crippen molar-refractivity contribution in [2.45, 2.75) is 25.6 Å². The molecule has 1 aromatic carbocycles. The minimum atomic E-state index is -4.29. The molecule has 8 heteroatoms. The lowest BCUT2D eigenvalue weighted by Crippen LogP contribution is -2.57. The van der Waals surface area contributed by atoms with E-state index in [1.165, 1.54) is 6.92 Å².